The molecule has 21 heavy (non-hydrogen) atoms. The molecule has 3 rings (SSSR count). The number of aromatic nitrogens is 2. The van der Waals surface area contributed by atoms with Crippen LogP contribution >= 0.6 is 0 Å². The predicted octanol–water partition coefficient (Wildman–Crippen LogP) is 4.29. The fraction of sp³-hybridized carbons (Fsp3) is 0.167. The summed E-state index contributed by atoms with van der Waals surface area (Å²) in [4.78, 5) is 7.33. The van der Waals surface area contributed by atoms with E-state index in [0.29, 0.717) is 0 Å². The van der Waals surface area contributed by atoms with Crippen molar-refractivity contribution in [2.45, 2.75) is 14.8 Å². The van der Waals surface area contributed by atoms with Gasteiger partial charge in [-0.15, -0.1) is 0 Å². The summed E-state index contributed by atoms with van der Waals surface area (Å²) >= 11 is -2.32. The molecule has 0 unspecified atom stereocenters. The van der Waals surface area contributed by atoms with Crippen molar-refractivity contribution >= 4 is 22.0 Å². The third-order valence-corrected chi connectivity index (χ3v) is 9.30. The third-order valence-electron chi connectivity index (χ3n) is 3.63. The summed E-state index contributed by atoms with van der Waals surface area (Å²) in [5.74, 6) is 0. The second kappa shape index (κ2) is 5.68. The Balaban J connectivity index is 2.23. The molecular weight excluding hydrogens is 363 g/mol. The van der Waals surface area contributed by atoms with Gasteiger partial charge in [0.15, 0.2) is 0 Å². The Kier molecular flexibility index (Phi) is 3.89. The van der Waals surface area contributed by atoms with Crippen molar-refractivity contribution < 1.29 is 0 Å². The zero-order valence-electron chi connectivity index (χ0n) is 12.7. The number of nitrogens with zero attached hydrogens (tertiary/aromatic N) is 1. The maximum absolute atomic E-state index is 4.66. The molecule has 0 bridgehead atoms. The molecule has 2 nitrogen and oxygen atoms in total. The molecular formula is C18H20N2Sn. The first-order chi connectivity index (χ1) is 10.1. The molecule has 3 aromatic rings. The molecule has 0 atom stereocenters. The Bertz CT molecular complexity index is 668. The molecule has 1 heterocycles. The summed E-state index contributed by atoms with van der Waals surface area (Å²) < 4.78 is 1.47. The Morgan fingerprint density at radius 2 is 1.29 bits per heavy atom. The Morgan fingerprint density at radius 3 is 1.81 bits per heavy atom. The van der Waals surface area contributed by atoms with Crippen molar-refractivity contribution in [1.29, 1.82) is 0 Å². The molecule has 0 aliphatic heterocycles. The van der Waals surface area contributed by atoms with Gasteiger partial charge in [0.25, 0.3) is 0 Å². The molecule has 3 heteroatoms. The van der Waals surface area contributed by atoms with E-state index < -0.39 is 18.4 Å². The molecule has 1 N–H and O–H groups in total. The van der Waals surface area contributed by atoms with Crippen LogP contribution in [0.5, 0.6) is 0 Å². The van der Waals surface area contributed by atoms with Crippen LogP contribution in [-0.2, 0) is 0 Å². The minimum atomic E-state index is -2.32. The quantitative estimate of drug-likeness (QED) is 0.672. The summed E-state index contributed by atoms with van der Waals surface area (Å²) in [6, 6.07) is 21.0. The van der Waals surface area contributed by atoms with Crippen molar-refractivity contribution in [1.82, 2.24) is 10.2 Å². The summed E-state index contributed by atoms with van der Waals surface area (Å²) in [6.07, 6.45) is 0. The maximum atomic E-state index is 4.66. The molecule has 1 aromatic heterocycles. The van der Waals surface area contributed by atoms with Crippen molar-refractivity contribution in [3.8, 4) is 22.5 Å². The van der Waals surface area contributed by atoms with Crippen LogP contribution in [0.25, 0.3) is 22.5 Å². The van der Waals surface area contributed by atoms with Crippen LogP contribution in [0.15, 0.2) is 60.7 Å². The topological polar surface area (TPSA) is 28.7 Å². The van der Waals surface area contributed by atoms with Crippen LogP contribution in [0.2, 0.25) is 14.8 Å². The van der Waals surface area contributed by atoms with Gasteiger partial charge in [-0.1, -0.05) is 0 Å². The van der Waals surface area contributed by atoms with E-state index in [1.165, 1.54) is 20.4 Å². The molecule has 0 radical (unpaired) electrons. The number of hydrogen-bond acceptors (Lipinski definition) is 1. The van der Waals surface area contributed by atoms with Gasteiger partial charge in [-0.25, -0.2) is 0 Å². The third kappa shape index (κ3) is 2.91. The van der Waals surface area contributed by atoms with Gasteiger partial charge in [0.1, 0.15) is 0 Å². The Labute approximate surface area is 130 Å². The first-order valence-electron chi connectivity index (χ1n) is 7.27. The average Bonchev–Trinajstić information content (AvgIpc) is 2.94. The van der Waals surface area contributed by atoms with Crippen LogP contribution < -0.4 is 3.58 Å². The van der Waals surface area contributed by atoms with Gasteiger partial charge >= 0.3 is 130 Å². The van der Waals surface area contributed by atoms with E-state index in [1.807, 2.05) is 6.07 Å². The van der Waals surface area contributed by atoms with Gasteiger partial charge in [-0.3, -0.25) is 0 Å². The first kappa shape index (κ1) is 14.4. The van der Waals surface area contributed by atoms with E-state index in [9.17, 15) is 0 Å². The van der Waals surface area contributed by atoms with Gasteiger partial charge in [0.2, 0.25) is 0 Å². The fourth-order valence-corrected chi connectivity index (χ4v) is 8.00. The van der Waals surface area contributed by atoms with E-state index in [0.717, 1.165) is 5.69 Å². The van der Waals surface area contributed by atoms with E-state index in [1.54, 1.807) is 0 Å². The molecule has 0 aliphatic rings. The number of hydrogen-bond donors (Lipinski definition) is 1. The standard InChI is InChI=1S/C15H11N2.3CH3.Sn/c1-3-7-12(8-4-1)14-11-15(17-16-14)13-9-5-2-6-10-13;;;;/h1-10H,(H,16,17);3*1H3;. The number of benzene rings is 2. The number of rotatable bonds is 3. The fourth-order valence-electron chi connectivity index (χ4n) is 2.69. The molecule has 106 valence electrons. The SMILES string of the molecule is [CH3][Sn]([CH3])([CH3])[c]1c(-c2ccccc2)n[nH]c1-c1ccccc1. The van der Waals surface area contributed by atoms with E-state index in [2.05, 4.69) is 79.6 Å². The second-order valence-electron chi connectivity index (χ2n) is 6.30. The first-order valence-corrected chi connectivity index (χ1v) is 17.3. The number of nitrogens with one attached hydrogen (secondary N) is 1. The molecule has 0 amide bonds. The predicted molar refractivity (Wildman–Crippen MR) is 92.4 cm³/mol. The summed E-state index contributed by atoms with van der Waals surface area (Å²) in [5, 5.41) is 7.95. The van der Waals surface area contributed by atoms with Crippen LogP contribution in [-0.4, -0.2) is 28.6 Å². The molecule has 0 aliphatic carbocycles. The molecule has 0 saturated heterocycles. The van der Waals surface area contributed by atoms with Crippen molar-refractivity contribution in [2.24, 2.45) is 0 Å². The monoisotopic (exact) mass is 384 g/mol. The average molecular weight is 383 g/mol. The zero-order chi connectivity index (χ0) is 14.9. The zero-order valence-corrected chi connectivity index (χ0v) is 15.6. The van der Waals surface area contributed by atoms with Gasteiger partial charge in [0, 0.05) is 0 Å². The number of H-pyrrole nitrogens is 1. The van der Waals surface area contributed by atoms with Crippen LogP contribution in [0.4, 0.5) is 0 Å². The van der Waals surface area contributed by atoms with Crippen molar-refractivity contribution in [3.63, 3.8) is 0 Å². The van der Waals surface area contributed by atoms with Gasteiger partial charge in [-0.05, 0) is 0 Å². The van der Waals surface area contributed by atoms with Crippen LogP contribution in [0.3, 0.4) is 0 Å². The normalized spacial score (nSPS) is 11.6. The Morgan fingerprint density at radius 1 is 0.762 bits per heavy atom. The summed E-state index contributed by atoms with van der Waals surface area (Å²) in [5.41, 5.74) is 4.78. The van der Waals surface area contributed by atoms with E-state index in [-0.39, 0.29) is 0 Å². The molecule has 0 fully saturated rings. The van der Waals surface area contributed by atoms with Crippen LogP contribution in [0.1, 0.15) is 0 Å². The second-order valence-corrected chi connectivity index (χ2v) is 20.6. The summed E-state index contributed by atoms with van der Waals surface area (Å²) in [6.45, 7) is 0. The van der Waals surface area contributed by atoms with Gasteiger partial charge in [0.05, 0.1) is 0 Å². The van der Waals surface area contributed by atoms with Crippen molar-refractivity contribution in [2.75, 3.05) is 0 Å². The molecule has 0 spiro atoms. The van der Waals surface area contributed by atoms with Crippen molar-refractivity contribution in [3.05, 3.63) is 60.7 Å². The van der Waals surface area contributed by atoms with E-state index in [4.69, 9.17) is 0 Å². The van der Waals surface area contributed by atoms with Crippen LogP contribution in [0, 0.1) is 0 Å². The molecule has 0 saturated carbocycles. The molecule has 2 aromatic carbocycles. The van der Waals surface area contributed by atoms with E-state index >= 15 is 0 Å². The minimum absolute atomic E-state index is 1.14. The number of aromatic amines is 1. The summed E-state index contributed by atoms with van der Waals surface area (Å²) in [7, 11) is 0. The van der Waals surface area contributed by atoms with Gasteiger partial charge in [-0.2, -0.15) is 0 Å². The Hall–Kier alpha value is -1.55. The van der Waals surface area contributed by atoms with Gasteiger partial charge < -0.3 is 0 Å².